The third-order valence-electron chi connectivity index (χ3n) is 1.93. The predicted octanol–water partition coefficient (Wildman–Crippen LogP) is 1.07. The Morgan fingerprint density at radius 2 is 1.82 bits per heavy atom. The molecule has 1 fully saturated rings. The molecule has 11 heavy (non-hydrogen) atoms. The zero-order chi connectivity index (χ0) is 8.70. The van der Waals surface area contributed by atoms with Gasteiger partial charge in [0.05, 0.1) is 0 Å². The zero-order valence-corrected chi connectivity index (χ0v) is 8.15. The van der Waals surface area contributed by atoms with Gasteiger partial charge in [-0.2, -0.15) is 0 Å². The molecule has 2 N–H and O–H groups in total. The average molecular weight is 156 g/mol. The molecule has 0 saturated carbocycles. The minimum absolute atomic E-state index is 0.0312. The van der Waals surface area contributed by atoms with Crippen molar-refractivity contribution in [1.29, 1.82) is 0 Å². The van der Waals surface area contributed by atoms with E-state index in [2.05, 4.69) is 32.6 Å². The Balaban J connectivity index is 2.24. The SMILES string of the molecule is CC(C)(N)CN1CC(C)(C)C1. The van der Waals surface area contributed by atoms with Crippen molar-refractivity contribution in [3.05, 3.63) is 0 Å². The van der Waals surface area contributed by atoms with Crippen LogP contribution in [0.1, 0.15) is 27.7 Å². The first kappa shape index (κ1) is 9.01. The fraction of sp³-hybridized carbons (Fsp3) is 1.00. The van der Waals surface area contributed by atoms with Crippen LogP contribution in [0.5, 0.6) is 0 Å². The van der Waals surface area contributed by atoms with Crippen LogP contribution in [0, 0.1) is 5.41 Å². The number of rotatable bonds is 2. The van der Waals surface area contributed by atoms with E-state index in [1.54, 1.807) is 0 Å². The average Bonchev–Trinajstić information content (AvgIpc) is 1.53. The first-order chi connectivity index (χ1) is 4.79. The summed E-state index contributed by atoms with van der Waals surface area (Å²) >= 11 is 0. The number of hydrogen-bond donors (Lipinski definition) is 1. The molecule has 0 spiro atoms. The Bertz CT molecular complexity index is 136. The molecule has 0 amide bonds. The van der Waals surface area contributed by atoms with Crippen LogP contribution >= 0.6 is 0 Å². The monoisotopic (exact) mass is 156 g/mol. The molecule has 0 atom stereocenters. The quantitative estimate of drug-likeness (QED) is 0.648. The van der Waals surface area contributed by atoms with Crippen molar-refractivity contribution in [3.63, 3.8) is 0 Å². The second kappa shape index (κ2) is 2.46. The van der Waals surface area contributed by atoms with Crippen LogP contribution in [0.25, 0.3) is 0 Å². The molecule has 0 aliphatic carbocycles. The van der Waals surface area contributed by atoms with Crippen LogP contribution in [-0.2, 0) is 0 Å². The van der Waals surface area contributed by atoms with Crippen molar-refractivity contribution < 1.29 is 0 Å². The summed E-state index contributed by atoms with van der Waals surface area (Å²) < 4.78 is 0. The van der Waals surface area contributed by atoms with E-state index >= 15 is 0 Å². The van der Waals surface area contributed by atoms with E-state index in [4.69, 9.17) is 5.73 Å². The molecule has 0 aromatic heterocycles. The van der Waals surface area contributed by atoms with Crippen LogP contribution in [-0.4, -0.2) is 30.1 Å². The van der Waals surface area contributed by atoms with E-state index in [1.807, 2.05) is 0 Å². The normalized spacial score (nSPS) is 24.8. The van der Waals surface area contributed by atoms with Crippen LogP contribution in [0.3, 0.4) is 0 Å². The number of nitrogens with zero attached hydrogens (tertiary/aromatic N) is 1. The second-order valence-electron chi connectivity index (χ2n) is 5.30. The van der Waals surface area contributed by atoms with E-state index in [0.717, 1.165) is 6.54 Å². The van der Waals surface area contributed by atoms with Crippen molar-refractivity contribution >= 4 is 0 Å². The number of hydrogen-bond acceptors (Lipinski definition) is 2. The highest BCUT2D eigenvalue weighted by molar-refractivity contribution is 4.91. The van der Waals surface area contributed by atoms with Gasteiger partial charge in [0.1, 0.15) is 0 Å². The van der Waals surface area contributed by atoms with Crippen LogP contribution in [0.15, 0.2) is 0 Å². The highest BCUT2D eigenvalue weighted by Crippen LogP contribution is 2.29. The Labute approximate surface area is 69.8 Å². The van der Waals surface area contributed by atoms with Gasteiger partial charge in [-0.1, -0.05) is 13.8 Å². The van der Waals surface area contributed by atoms with Crippen LogP contribution < -0.4 is 5.73 Å². The predicted molar refractivity (Wildman–Crippen MR) is 48.5 cm³/mol. The fourth-order valence-electron chi connectivity index (χ4n) is 1.85. The summed E-state index contributed by atoms with van der Waals surface area (Å²) in [6, 6.07) is 0. The molecule has 1 saturated heterocycles. The maximum Gasteiger partial charge on any atom is 0.0226 e. The van der Waals surface area contributed by atoms with Gasteiger partial charge in [0.15, 0.2) is 0 Å². The van der Waals surface area contributed by atoms with Gasteiger partial charge >= 0.3 is 0 Å². The Morgan fingerprint density at radius 1 is 1.36 bits per heavy atom. The number of likely N-dealkylation sites (tertiary alicyclic amines) is 1. The fourth-order valence-corrected chi connectivity index (χ4v) is 1.85. The van der Waals surface area contributed by atoms with E-state index in [9.17, 15) is 0 Å². The smallest absolute Gasteiger partial charge is 0.0226 e. The van der Waals surface area contributed by atoms with Crippen molar-refractivity contribution in [2.75, 3.05) is 19.6 Å². The summed E-state index contributed by atoms with van der Waals surface area (Å²) in [6.07, 6.45) is 0. The molecule has 1 aliphatic rings. The van der Waals surface area contributed by atoms with Crippen LogP contribution in [0.4, 0.5) is 0 Å². The van der Waals surface area contributed by atoms with E-state index in [-0.39, 0.29) is 5.54 Å². The molecule has 0 aromatic carbocycles. The lowest BCUT2D eigenvalue weighted by Crippen LogP contribution is -2.58. The van der Waals surface area contributed by atoms with E-state index in [1.165, 1.54) is 13.1 Å². The summed E-state index contributed by atoms with van der Waals surface area (Å²) in [5.74, 6) is 0. The lowest BCUT2D eigenvalue weighted by molar-refractivity contribution is 0.0176. The summed E-state index contributed by atoms with van der Waals surface area (Å²) in [7, 11) is 0. The summed E-state index contributed by atoms with van der Waals surface area (Å²) in [6.45, 7) is 12.2. The van der Waals surface area contributed by atoms with Gasteiger partial charge in [-0.15, -0.1) is 0 Å². The maximum absolute atomic E-state index is 5.89. The Kier molecular flexibility index (Phi) is 2.01. The van der Waals surface area contributed by atoms with Gasteiger partial charge < -0.3 is 10.6 Å². The minimum atomic E-state index is -0.0312. The van der Waals surface area contributed by atoms with Crippen LogP contribution in [0.2, 0.25) is 0 Å². The molecule has 1 rings (SSSR count). The molecule has 0 aromatic rings. The Morgan fingerprint density at radius 3 is 2.09 bits per heavy atom. The topological polar surface area (TPSA) is 29.3 Å². The highest BCUT2D eigenvalue weighted by atomic mass is 15.2. The molecule has 0 radical (unpaired) electrons. The summed E-state index contributed by atoms with van der Waals surface area (Å²) in [5, 5.41) is 0. The molecular weight excluding hydrogens is 136 g/mol. The summed E-state index contributed by atoms with van der Waals surface area (Å²) in [4.78, 5) is 2.42. The summed E-state index contributed by atoms with van der Waals surface area (Å²) in [5.41, 5.74) is 6.39. The molecule has 1 heterocycles. The minimum Gasteiger partial charge on any atom is -0.324 e. The van der Waals surface area contributed by atoms with Crippen molar-refractivity contribution in [2.45, 2.75) is 33.2 Å². The zero-order valence-electron chi connectivity index (χ0n) is 8.15. The van der Waals surface area contributed by atoms with Gasteiger partial charge in [0, 0.05) is 25.2 Å². The molecule has 0 bridgehead atoms. The molecular formula is C9H20N2. The Hall–Kier alpha value is -0.0800. The standard InChI is InChI=1S/C9H20N2/c1-8(2)5-11(6-8)7-9(3,4)10/h5-7,10H2,1-4H3. The van der Waals surface area contributed by atoms with Gasteiger partial charge in [-0.25, -0.2) is 0 Å². The van der Waals surface area contributed by atoms with E-state index < -0.39 is 0 Å². The van der Waals surface area contributed by atoms with Crippen molar-refractivity contribution in [2.24, 2.45) is 11.1 Å². The molecule has 1 aliphatic heterocycles. The molecule has 2 nitrogen and oxygen atoms in total. The third kappa shape index (κ3) is 2.80. The number of nitrogens with two attached hydrogens (primary N) is 1. The van der Waals surface area contributed by atoms with Crippen molar-refractivity contribution in [1.82, 2.24) is 4.90 Å². The maximum atomic E-state index is 5.89. The molecule has 2 heteroatoms. The van der Waals surface area contributed by atoms with Gasteiger partial charge in [0.2, 0.25) is 0 Å². The van der Waals surface area contributed by atoms with Crippen molar-refractivity contribution in [3.8, 4) is 0 Å². The van der Waals surface area contributed by atoms with Gasteiger partial charge in [-0.05, 0) is 19.3 Å². The van der Waals surface area contributed by atoms with Gasteiger partial charge in [0.25, 0.3) is 0 Å². The molecule has 0 unspecified atom stereocenters. The molecule has 66 valence electrons. The lowest BCUT2D eigenvalue weighted by atomic mass is 9.83. The largest absolute Gasteiger partial charge is 0.324 e. The second-order valence-corrected chi connectivity index (χ2v) is 5.30. The van der Waals surface area contributed by atoms with E-state index in [0.29, 0.717) is 5.41 Å². The first-order valence-electron chi connectivity index (χ1n) is 4.30. The van der Waals surface area contributed by atoms with Gasteiger partial charge in [-0.3, -0.25) is 0 Å². The first-order valence-corrected chi connectivity index (χ1v) is 4.30. The third-order valence-corrected chi connectivity index (χ3v) is 1.93. The highest BCUT2D eigenvalue weighted by Gasteiger charge is 2.35. The lowest BCUT2D eigenvalue weighted by Gasteiger charge is -2.48.